The number of nitrogens with zero attached hydrogens (tertiary/aromatic N) is 2. The first kappa shape index (κ1) is 29.5. The van der Waals surface area contributed by atoms with Gasteiger partial charge in [-0.2, -0.15) is 0 Å². The van der Waals surface area contributed by atoms with Crippen molar-refractivity contribution in [1.82, 2.24) is 0 Å². The molecule has 1 atom stereocenters. The van der Waals surface area contributed by atoms with Crippen molar-refractivity contribution >= 4 is 28.8 Å². The van der Waals surface area contributed by atoms with E-state index < -0.39 is 17.7 Å². The number of aliphatic hydroxyl groups excluding tert-OH is 1. The van der Waals surface area contributed by atoms with Gasteiger partial charge in [-0.25, -0.2) is 0 Å². The smallest absolute Gasteiger partial charge is 0.300 e. The first-order valence-electron chi connectivity index (χ1n) is 14.4. The first-order chi connectivity index (χ1) is 20.8. The highest BCUT2D eigenvalue weighted by atomic mass is 16.5. The summed E-state index contributed by atoms with van der Waals surface area (Å²) in [4.78, 5) is 30.7. The molecule has 0 spiro atoms. The Hall–Kier alpha value is -5.04. The fraction of sp³-hybridized carbons (Fsp3) is 0.222. The summed E-state index contributed by atoms with van der Waals surface area (Å²) in [6.07, 6.45) is 0.836. The molecule has 220 valence electrons. The summed E-state index contributed by atoms with van der Waals surface area (Å²) in [5, 5.41) is 11.6. The van der Waals surface area contributed by atoms with E-state index in [0.29, 0.717) is 41.5 Å². The quantitative estimate of drug-likeness (QED) is 0.124. The van der Waals surface area contributed by atoms with E-state index in [1.807, 2.05) is 93.5 Å². The lowest BCUT2D eigenvalue weighted by molar-refractivity contribution is -0.132. The zero-order valence-electron chi connectivity index (χ0n) is 24.9. The van der Waals surface area contributed by atoms with Gasteiger partial charge < -0.3 is 19.5 Å². The molecular formula is C36H36N2O5. The SMILES string of the molecule is CCCOc1cccc(N2C(=O)C(=O)/C(=C(/O)c3ccc(OCc4ccccc4)c(C)c3)C2c2ccc(N(C)C)cc2)c1. The summed E-state index contributed by atoms with van der Waals surface area (Å²) in [7, 11) is 3.89. The Labute approximate surface area is 252 Å². The number of hydrogen-bond donors (Lipinski definition) is 1. The summed E-state index contributed by atoms with van der Waals surface area (Å²) < 4.78 is 11.8. The minimum Gasteiger partial charge on any atom is -0.507 e. The number of carbonyl (C=O) groups is 2. The van der Waals surface area contributed by atoms with Crippen molar-refractivity contribution in [1.29, 1.82) is 0 Å². The molecule has 4 aromatic carbocycles. The lowest BCUT2D eigenvalue weighted by atomic mass is 9.94. The number of amides is 1. The zero-order chi connectivity index (χ0) is 30.5. The van der Waals surface area contributed by atoms with Crippen LogP contribution in [0.25, 0.3) is 5.76 Å². The second-order valence-electron chi connectivity index (χ2n) is 10.8. The highest BCUT2D eigenvalue weighted by Gasteiger charge is 2.47. The number of benzene rings is 4. The second-order valence-corrected chi connectivity index (χ2v) is 10.8. The molecule has 1 aliphatic rings. The van der Waals surface area contributed by atoms with Gasteiger partial charge in [-0.1, -0.05) is 55.5 Å². The normalized spacial score (nSPS) is 15.9. The minimum atomic E-state index is -0.841. The van der Waals surface area contributed by atoms with Crippen LogP contribution >= 0.6 is 0 Å². The Morgan fingerprint density at radius 2 is 1.63 bits per heavy atom. The molecule has 1 fully saturated rings. The Balaban J connectivity index is 1.56. The van der Waals surface area contributed by atoms with Crippen LogP contribution in [0.1, 0.15) is 41.6 Å². The molecule has 0 bridgehead atoms. The van der Waals surface area contributed by atoms with Crippen LogP contribution in [-0.4, -0.2) is 37.5 Å². The van der Waals surface area contributed by atoms with Gasteiger partial charge in [-0.3, -0.25) is 14.5 Å². The third-order valence-electron chi connectivity index (χ3n) is 7.42. The van der Waals surface area contributed by atoms with Gasteiger partial charge in [0.2, 0.25) is 0 Å². The molecule has 7 heteroatoms. The van der Waals surface area contributed by atoms with E-state index in [-0.39, 0.29) is 11.3 Å². The monoisotopic (exact) mass is 576 g/mol. The van der Waals surface area contributed by atoms with E-state index in [1.165, 1.54) is 4.90 Å². The number of anilines is 2. The van der Waals surface area contributed by atoms with E-state index in [9.17, 15) is 14.7 Å². The van der Waals surface area contributed by atoms with Crippen LogP contribution in [0.4, 0.5) is 11.4 Å². The van der Waals surface area contributed by atoms with Crippen molar-refractivity contribution in [2.45, 2.75) is 32.9 Å². The predicted molar refractivity (Wildman–Crippen MR) is 170 cm³/mol. The van der Waals surface area contributed by atoms with Crippen LogP contribution in [0.3, 0.4) is 0 Å². The van der Waals surface area contributed by atoms with E-state index in [1.54, 1.807) is 36.4 Å². The molecule has 1 N–H and O–H groups in total. The number of aryl methyl sites for hydroxylation is 1. The fourth-order valence-corrected chi connectivity index (χ4v) is 5.16. The van der Waals surface area contributed by atoms with Crippen LogP contribution in [0, 0.1) is 6.92 Å². The average molecular weight is 577 g/mol. The molecule has 0 aromatic heterocycles. The van der Waals surface area contributed by atoms with Gasteiger partial charge in [0.25, 0.3) is 11.7 Å². The number of Topliss-reactive ketones (excluding diaryl/α,β-unsaturated/α-hetero) is 1. The van der Waals surface area contributed by atoms with Gasteiger partial charge in [0, 0.05) is 37.1 Å². The molecular weight excluding hydrogens is 540 g/mol. The summed E-state index contributed by atoms with van der Waals surface area (Å²) in [5.74, 6) is -0.430. The molecule has 1 heterocycles. The summed E-state index contributed by atoms with van der Waals surface area (Å²) in [5.41, 5.74) is 4.47. The maximum absolute atomic E-state index is 13.7. The summed E-state index contributed by atoms with van der Waals surface area (Å²) in [6.45, 7) is 4.84. The summed E-state index contributed by atoms with van der Waals surface area (Å²) in [6, 6.07) is 29.0. The molecule has 1 saturated heterocycles. The van der Waals surface area contributed by atoms with Gasteiger partial charge in [-0.05, 0) is 72.5 Å². The van der Waals surface area contributed by atoms with Crippen LogP contribution in [0.15, 0.2) is 103 Å². The predicted octanol–water partition coefficient (Wildman–Crippen LogP) is 7.06. The topological polar surface area (TPSA) is 79.3 Å². The molecule has 1 amide bonds. The van der Waals surface area contributed by atoms with Crippen molar-refractivity contribution in [3.8, 4) is 11.5 Å². The van der Waals surface area contributed by atoms with E-state index in [0.717, 1.165) is 23.2 Å². The summed E-state index contributed by atoms with van der Waals surface area (Å²) >= 11 is 0. The Kier molecular flexibility index (Phi) is 8.81. The molecule has 7 nitrogen and oxygen atoms in total. The maximum atomic E-state index is 13.7. The molecule has 1 unspecified atom stereocenters. The third-order valence-corrected chi connectivity index (χ3v) is 7.42. The van der Waals surface area contributed by atoms with Gasteiger partial charge in [0.15, 0.2) is 0 Å². The number of rotatable bonds is 10. The van der Waals surface area contributed by atoms with Gasteiger partial charge in [0.05, 0.1) is 18.2 Å². The second kappa shape index (κ2) is 12.9. The standard InChI is InChI=1S/C36H36N2O5/c1-5-20-42-30-13-9-12-29(22-30)38-33(26-14-17-28(18-15-26)37(3)4)32(35(40)36(38)41)34(39)27-16-19-31(24(2)21-27)43-23-25-10-7-6-8-11-25/h6-19,21-22,33,39H,5,20,23H2,1-4H3/b34-32+. The molecule has 1 aliphatic heterocycles. The van der Waals surface area contributed by atoms with Crippen molar-refractivity contribution in [2.24, 2.45) is 0 Å². The number of carbonyl (C=O) groups excluding carboxylic acids is 2. The Bertz CT molecular complexity index is 1640. The van der Waals surface area contributed by atoms with Crippen LogP contribution in [-0.2, 0) is 16.2 Å². The number of hydrogen-bond acceptors (Lipinski definition) is 6. The van der Waals surface area contributed by atoms with Crippen molar-refractivity contribution < 1.29 is 24.2 Å². The van der Waals surface area contributed by atoms with Crippen molar-refractivity contribution in [2.75, 3.05) is 30.5 Å². The minimum absolute atomic E-state index is 0.0276. The number of ether oxygens (including phenoxy) is 2. The van der Waals surface area contributed by atoms with Crippen LogP contribution < -0.4 is 19.3 Å². The van der Waals surface area contributed by atoms with E-state index in [4.69, 9.17) is 9.47 Å². The highest BCUT2D eigenvalue weighted by Crippen LogP contribution is 2.43. The van der Waals surface area contributed by atoms with Gasteiger partial charge in [-0.15, -0.1) is 0 Å². The molecule has 0 aliphatic carbocycles. The van der Waals surface area contributed by atoms with Crippen LogP contribution in [0.2, 0.25) is 0 Å². The molecule has 0 radical (unpaired) electrons. The van der Waals surface area contributed by atoms with Crippen molar-refractivity contribution in [3.63, 3.8) is 0 Å². The van der Waals surface area contributed by atoms with Crippen LogP contribution in [0.5, 0.6) is 11.5 Å². The van der Waals surface area contributed by atoms with E-state index >= 15 is 0 Å². The molecule has 5 rings (SSSR count). The highest BCUT2D eigenvalue weighted by molar-refractivity contribution is 6.51. The Morgan fingerprint density at radius 3 is 2.30 bits per heavy atom. The van der Waals surface area contributed by atoms with E-state index in [2.05, 4.69) is 0 Å². The Morgan fingerprint density at radius 1 is 0.884 bits per heavy atom. The van der Waals surface area contributed by atoms with Gasteiger partial charge >= 0.3 is 0 Å². The largest absolute Gasteiger partial charge is 0.507 e. The fourth-order valence-electron chi connectivity index (χ4n) is 5.16. The molecule has 0 saturated carbocycles. The third kappa shape index (κ3) is 6.26. The molecule has 43 heavy (non-hydrogen) atoms. The average Bonchev–Trinajstić information content (AvgIpc) is 3.29. The maximum Gasteiger partial charge on any atom is 0.300 e. The first-order valence-corrected chi connectivity index (χ1v) is 14.4. The number of aliphatic hydroxyl groups is 1. The molecule has 4 aromatic rings. The zero-order valence-corrected chi connectivity index (χ0v) is 24.9. The van der Waals surface area contributed by atoms with Crippen molar-refractivity contribution in [3.05, 3.63) is 125 Å². The number of ketones is 1. The lowest BCUT2D eigenvalue weighted by Crippen LogP contribution is -2.29. The van der Waals surface area contributed by atoms with Gasteiger partial charge in [0.1, 0.15) is 23.9 Å². The lowest BCUT2D eigenvalue weighted by Gasteiger charge is -2.26.